The fourth-order valence-corrected chi connectivity index (χ4v) is 3.35. The lowest BCUT2D eigenvalue weighted by Crippen LogP contribution is -2.55. The van der Waals surface area contributed by atoms with E-state index in [1.807, 2.05) is 19.1 Å². The Hall–Kier alpha value is -1.09. The fourth-order valence-electron chi connectivity index (χ4n) is 3.35. The fraction of sp³-hybridized carbons (Fsp3) is 0.600. The molecule has 1 aromatic carbocycles. The molecule has 0 aliphatic carbocycles. The third kappa shape index (κ3) is 2.01. The molecule has 3 heteroatoms. The molecule has 0 spiro atoms. The van der Waals surface area contributed by atoms with Crippen molar-refractivity contribution >= 4 is 5.69 Å². The van der Waals surface area contributed by atoms with Gasteiger partial charge >= 0.3 is 0 Å². The monoisotopic (exact) mass is 248 g/mol. The highest BCUT2D eigenvalue weighted by Gasteiger charge is 2.34. The van der Waals surface area contributed by atoms with Crippen LogP contribution in [0.3, 0.4) is 0 Å². The summed E-state index contributed by atoms with van der Waals surface area (Å²) in [7, 11) is 0. The molecule has 2 aliphatic rings. The quantitative estimate of drug-likeness (QED) is 0.754. The highest BCUT2D eigenvalue weighted by atomic mass is 19.1. The highest BCUT2D eigenvalue weighted by molar-refractivity contribution is 5.50. The molecule has 3 rings (SSSR count). The zero-order valence-electron chi connectivity index (χ0n) is 11.2. The van der Waals surface area contributed by atoms with Crippen molar-refractivity contribution in [2.75, 3.05) is 24.5 Å². The lowest BCUT2D eigenvalue weighted by molar-refractivity contribution is 0.203. The van der Waals surface area contributed by atoms with Gasteiger partial charge < -0.3 is 4.90 Å². The van der Waals surface area contributed by atoms with E-state index >= 15 is 0 Å². The largest absolute Gasteiger partial charge is 0.366 e. The molecule has 2 aliphatic heterocycles. The second-order valence-electron chi connectivity index (χ2n) is 5.73. The molecule has 2 unspecified atom stereocenters. The number of piperazine rings is 1. The molecule has 1 aromatic rings. The Morgan fingerprint density at radius 2 is 2.11 bits per heavy atom. The number of rotatable bonds is 1. The van der Waals surface area contributed by atoms with Crippen molar-refractivity contribution in [2.24, 2.45) is 0 Å². The maximum Gasteiger partial charge on any atom is 0.126 e. The van der Waals surface area contributed by atoms with Gasteiger partial charge in [-0.3, -0.25) is 4.90 Å². The Balaban J connectivity index is 1.84. The lowest BCUT2D eigenvalue weighted by Gasteiger charge is -2.43. The molecular formula is C15H21FN2. The Morgan fingerprint density at radius 1 is 1.28 bits per heavy atom. The molecular weight excluding hydrogens is 227 g/mol. The standard InChI is InChI=1S/C15H21FN2/c1-11-8-13(5-6-15(11)16)18-10-14-4-3-7-17(14)9-12(18)2/h5-6,8,12,14H,3-4,7,9-10H2,1-2H3. The predicted molar refractivity (Wildman–Crippen MR) is 72.5 cm³/mol. The van der Waals surface area contributed by atoms with Crippen LogP contribution >= 0.6 is 0 Å². The minimum atomic E-state index is -0.106. The van der Waals surface area contributed by atoms with E-state index in [1.54, 1.807) is 6.07 Å². The Kier molecular flexibility index (Phi) is 3.02. The van der Waals surface area contributed by atoms with Crippen LogP contribution in [0.15, 0.2) is 18.2 Å². The smallest absolute Gasteiger partial charge is 0.126 e. The van der Waals surface area contributed by atoms with Crippen molar-refractivity contribution in [3.8, 4) is 0 Å². The Labute approximate surface area is 108 Å². The summed E-state index contributed by atoms with van der Waals surface area (Å²) in [5.74, 6) is -0.106. The number of fused-ring (bicyclic) bond motifs is 1. The van der Waals surface area contributed by atoms with E-state index in [1.165, 1.54) is 25.1 Å². The number of anilines is 1. The van der Waals surface area contributed by atoms with Crippen molar-refractivity contribution in [1.82, 2.24) is 4.90 Å². The summed E-state index contributed by atoms with van der Waals surface area (Å²) in [6.07, 6.45) is 2.64. The summed E-state index contributed by atoms with van der Waals surface area (Å²) in [4.78, 5) is 5.05. The van der Waals surface area contributed by atoms with Crippen LogP contribution in [-0.4, -0.2) is 36.6 Å². The minimum Gasteiger partial charge on any atom is -0.366 e. The van der Waals surface area contributed by atoms with Crippen molar-refractivity contribution in [2.45, 2.75) is 38.8 Å². The topological polar surface area (TPSA) is 6.48 Å². The zero-order chi connectivity index (χ0) is 12.7. The molecule has 0 saturated carbocycles. The van der Waals surface area contributed by atoms with Crippen LogP contribution in [0, 0.1) is 12.7 Å². The average Bonchev–Trinajstić information content (AvgIpc) is 2.79. The second-order valence-corrected chi connectivity index (χ2v) is 5.73. The molecule has 18 heavy (non-hydrogen) atoms. The second kappa shape index (κ2) is 4.54. The molecule has 2 fully saturated rings. The van der Waals surface area contributed by atoms with Crippen LogP contribution in [0.25, 0.3) is 0 Å². The molecule has 98 valence electrons. The van der Waals surface area contributed by atoms with Crippen molar-refractivity contribution in [3.63, 3.8) is 0 Å². The van der Waals surface area contributed by atoms with E-state index in [0.29, 0.717) is 12.1 Å². The van der Waals surface area contributed by atoms with Crippen molar-refractivity contribution in [1.29, 1.82) is 0 Å². The van der Waals surface area contributed by atoms with Gasteiger partial charge in [0.05, 0.1) is 0 Å². The summed E-state index contributed by atoms with van der Waals surface area (Å²) < 4.78 is 13.4. The van der Waals surface area contributed by atoms with Crippen molar-refractivity contribution in [3.05, 3.63) is 29.6 Å². The number of aryl methyl sites for hydroxylation is 1. The van der Waals surface area contributed by atoms with Crippen LogP contribution in [-0.2, 0) is 0 Å². The van der Waals surface area contributed by atoms with E-state index in [9.17, 15) is 4.39 Å². The predicted octanol–water partition coefficient (Wildman–Crippen LogP) is 2.81. The van der Waals surface area contributed by atoms with Crippen LogP contribution in [0.4, 0.5) is 10.1 Å². The number of halogens is 1. The Morgan fingerprint density at radius 3 is 2.89 bits per heavy atom. The third-order valence-corrected chi connectivity index (χ3v) is 4.41. The number of hydrogen-bond donors (Lipinski definition) is 0. The summed E-state index contributed by atoms with van der Waals surface area (Å²) in [6.45, 7) is 7.60. The van der Waals surface area contributed by atoms with Gasteiger partial charge in [-0.15, -0.1) is 0 Å². The van der Waals surface area contributed by atoms with Gasteiger partial charge in [0.2, 0.25) is 0 Å². The number of benzene rings is 1. The molecule has 2 saturated heterocycles. The van der Waals surface area contributed by atoms with E-state index in [-0.39, 0.29) is 5.82 Å². The molecule has 2 nitrogen and oxygen atoms in total. The first-order valence-electron chi connectivity index (χ1n) is 6.92. The van der Waals surface area contributed by atoms with Gasteiger partial charge in [0.25, 0.3) is 0 Å². The molecule has 0 bridgehead atoms. The molecule has 0 amide bonds. The first-order valence-corrected chi connectivity index (χ1v) is 6.92. The van der Waals surface area contributed by atoms with Crippen LogP contribution in [0.1, 0.15) is 25.3 Å². The van der Waals surface area contributed by atoms with Gasteiger partial charge in [0, 0.05) is 30.9 Å². The minimum absolute atomic E-state index is 0.106. The molecule has 2 heterocycles. The van der Waals surface area contributed by atoms with E-state index < -0.39 is 0 Å². The maximum atomic E-state index is 13.4. The zero-order valence-corrected chi connectivity index (χ0v) is 11.2. The van der Waals surface area contributed by atoms with Crippen LogP contribution in [0.2, 0.25) is 0 Å². The summed E-state index contributed by atoms with van der Waals surface area (Å²) in [5, 5.41) is 0. The molecule has 0 aromatic heterocycles. The van der Waals surface area contributed by atoms with E-state index in [4.69, 9.17) is 0 Å². The summed E-state index contributed by atoms with van der Waals surface area (Å²) >= 11 is 0. The van der Waals surface area contributed by atoms with Gasteiger partial charge in [-0.05, 0) is 57.0 Å². The van der Waals surface area contributed by atoms with Crippen LogP contribution < -0.4 is 4.90 Å². The molecule has 0 N–H and O–H groups in total. The summed E-state index contributed by atoms with van der Waals surface area (Å²) in [6, 6.07) is 6.72. The van der Waals surface area contributed by atoms with E-state index in [2.05, 4.69) is 16.7 Å². The third-order valence-electron chi connectivity index (χ3n) is 4.41. The van der Waals surface area contributed by atoms with Crippen molar-refractivity contribution < 1.29 is 4.39 Å². The SMILES string of the molecule is Cc1cc(N2CC3CCCN3CC2C)ccc1F. The van der Waals surface area contributed by atoms with Gasteiger partial charge in [-0.1, -0.05) is 0 Å². The van der Waals surface area contributed by atoms with Gasteiger partial charge in [-0.2, -0.15) is 0 Å². The van der Waals surface area contributed by atoms with Gasteiger partial charge in [0.1, 0.15) is 5.82 Å². The lowest BCUT2D eigenvalue weighted by atomic mass is 10.1. The maximum absolute atomic E-state index is 13.4. The number of nitrogens with zero attached hydrogens (tertiary/aromatic N) is 2. The van der Waals surface area contributed by atoms with Gasteiger partial charge in [0.15, 0.2) is 0 Å². The highest BCUT2D eigenvalue weighted by Crippen LogP contribution is 2.29. The van der Waals surface area contributed by atoms with Gasteiger partial charge in [-0.25, -0.2) is 4.39 Å². The molecule has 0 radical (unpaired) electrons. The Bertz CT molecular complexity index is 446. The average molecular weight is 248 g/mol. The van der Waals surface area contributed by atoms with E-state index in [0.717, 1.165) is 18.7 Å². The summed E-state index contributed by atoms with van der Waals surface area (Å²) in [5.41, 5.74) is 1.92. The van der Waals surface area contributed by atoms with Crippen LogP contribution in [0.5, 0.6) is 0 Å². The normalized spacial score (nSPS) is 28.5. The first-order chi connectivity index (χ1) is 8.65. The molecule has 2 atom stereocenters. The number of hydrogen-bond acceptors (Lipinski definition) is 2. The first kappa shape index (κ1) is 12.0.